The number of nitrogens with zero attached hydrogens (tertiary/aromatic N) is 2. The predicted molar refractivity (Wildman–Crippen MR) is 104 cm³/mol. The van der Waals surface area contributed by atoms with E-state index in [1.165, 1.54) is 5.56 Å². The Morgan fingerprint density at radius 3 is 2.38 bits per heavy atom. The Morgan fingerprint density at radius 1 is 0.962 bits per heavy atom. The van der Waals surface area contributed by atoms with Crippen LogP contribution in [0.2, 0.25) is 0 Å². The third kappa shape index (κ3) is 3.86. The van der Waals surface area contributed by atoms with Crippen LogP contribution in [0.5, 0.6) is 0 Å². The molecule has 0 bridgehead atoms. The van der Waals surface area contributed by atoms with E-state index in [4.69, 9.17) is 0 Å². The smallest absolute Gasteiger partial charge is 0.161 e. The average Bonchev–Trinajstić information content (AvgIpc) is 2.69. The second-order valence-corrected chi connectivity index (χ2v) is 5.96. The van der Waals surface area contributed by atoms with Gasteiger partial charge in [0.25, 0.3) is 0 Å². The normalized spacial score (nSPS) is 11.6. The molecule has 0 amide bonds. The van der Waals surface area contributed by atoms with Gasteiger partial charge in [0, 0.05) is 48.9 Å². The molecule has 0 atom stereocenters. The molecule has 4 heteroatoms. The van der Waals surface area contributed by atoms with Gasteiger partial charge in [-0.05, 0) is 36.2 Å². The highest BCUT2D eigenvalue weighted by Crippen LogP contribution is 2.28. The molecule has 2 aromatic heterocycles. The van der Waals surface area contributed by atoms with E-state index < -0.39 is 0 Å². The van der Waals surface area contributed by atoms with E-state index in [0.717, 1.165) is 22.5 Å². The molecule has 4 nitrogen and oxygen atoms in total. The highest BCUT2D eigenvalue weighted by atomic mass is 16.1. The van der Waals surface area contributed by atoms with Crippen LogP contribution in [0.3, 0.4) is 0 Å². The molecular weight excluding hydrogens is 322 g/mol. The molecule has 26 heavy (non-hydrogen) atoms. The lowest BCUT2D eigenvalue weighted by Crippen LogP contribution is -2.14. The number of aromatic nitrogens is 2. The van der Waals surface area contributed by atoms with Crippen molar-refractivity contribution in [1.82, 2.24) is 15.3 Å². The SMILES string of the molecule is CNC(Cc1ccccc1)=C(c1ccccn1)c1ccncc1C(C)=O. The van der Waals surface area contributed by atoms with Crippen molar-refractivity contribution in [2.75, 3.05) is 7.05 Å². The number of ketones is 1. The Bertz CT molecular complexity index is 918. The minimum absolute atomic E-state index is 0.0169. The predicted octanol–water partition coefficient (Wildman–Crippen LogP) is 3.90. The largest absolute Gasteiger partial charge is 0.391 e. The monoisotopic (exact) mass is 343 g/mol. The van der Waals surface area contributed by atoms with E-state index in [1.54, 1.807) is 25.5 Å². The maximum atomic E-state index is 12.2. The van der Waals surface area contributed by atoms with E-state index in [9.17, 15) is 4.79 Å². The molecular formula is C22H21N3O. The van der Waals surface area contributed by atoms with Gasteiger partial charge in [-0.25, -0.2) is 0 Å². The number of benzene rings is 1. The van der Waals surface area contributed by atoms with Crippen molar-refractivity contribution in [2.24, 2.45) is 0 Å². The number of allylic oxidation sites excluding steroid dienone is 1. The highest BCUT2D eigenvalue weighted by molar-refractivity contribution is 6.00. The first kappa shape index (κ1) is 17.5. The third-order valence-electron chi connectivity index (χ3n) is 4.22. The number of pyridine rings is 2. The van der Waals surface area contributed by atoms with E-state index in [2.05, 4.69) is 27.4 Å². The Morgan fingerprint density at radius 2 is 1.73 bits per heavy atom. The van der Waals surface area contributed by atoms with E-state index in [1.807, 2.05) is 49.5 Å². The molecule has 0 fully saturated rings. The maximum absolute atomic E-state index is 12.2. The minimum atomic E-state index is -0.0169. The summed E-state index contributed by atoms with van der Waals surface area (Å²) < 4.78 is 0. The van der Waals surface area contributed by atoms with Crippen LogP contribution < -0.4 is 5.32 Å². The number of likely N-dealkylation sites (N-methyl/N-ethyl adjacent to an activating group) is 1. The lowest BCUT2D eigenvalue weighted by molar-refractivity contribution is 0.101. The second kappa shape index (κ2) is 8.21. The number of carbonyl (C=O) groups excluding carboxylic acids is 1. The fraction of sp³-hybridized carbons (Fsp3) is 0.136. The number of nitrogens with one attached hydrogen (secondary N) is 1. The zero-order valence-electron chi connectivity index (χ0n) is 14.9. The first-order valence-corrected chi connectivity index (χ1v) is 8.52. The molecule has 1 N–H and O–H groups in total. The quantitative estimate of drug-likeness (QED) is 0.690. The van der Waals surface area contributed by atoms with Gasteiger partial charge in [-0.1, -0.05) is 36.4 Å². The summed E-state index contributed by atoms with van der Waals surface area (Å²) in [7, 11) is 1.90. The van der Waals surface area contributed by atoms with Crippen molar-refractivity contribution < 1.29 is 4.79 Å². The summed E-state index contributed by atoms with van der Waals surface area (Å²) in [6.45, 7) is 1.56. The lowest BCUT2D eigenvalue weighted by atomic mass is 9.93. The summed E-state index contributed by atoms with van der Waals surface area (Å²) in [4.78, 5) is 20.8. The molecule has 1 aromatic carbocycles. The molecule has 0 unspecified atom stereocenters. The second-order valence-electron chi connectivity index (χ2n) is 5.96. The average molecular weight is 343 g/mol. The first-order chi connectivity index (χ1) is 12.7. The summed E-state index contributed by atoms with van der Waals surface area (Å²) in [5, 5.41) is 3.32. The standard InChI is InChI=1S/C22H21N3O/c1-16(26)19-15-24-13-11-18(19)22(20-10-6-7-12-25-20)21(23-2)14-17-8-4-3-5-9-17/h3-13,15,23H,14H2,1-2H3. The minimum Gasteiger partial charge on any atom is -0.391 e. The van der Waals surface area contributed by atoms with Crippen LogP contribution in [0.4, 0.5) is 0 Å². The van der Waals surface area contributed by atoms with Crippen molar-refractivity contribution in [3.8, 4) is 0 Å². The molecule has 3 rings (SSSR count). The fourth-order valence-electron chi connectivity index (χ4n) is 2.96. The van der Waals surface area contributed by atoms with Gasteiger partial charge in [0.05, 0.1) is 5.69 Å². The third-order valence-corrected chi connectivity index (χ3v) is 4.22. The number of Topliss-reactive ketones (excluding diaryl/α,β-unsaturated/α-hetero) is 1. The molecule has 0 saturated heterocycles. The summed E-state index contributed by atoms with van der Waals surface area (Å²) >= 11 is 0. The Balaban J connectivity index is 2.22. The molecule has 0 saturated carbocycles. The van der Waals surface area contributed by atoms with E-state index in [0.29, 0.717) is 12.0 Å². The van der Waals surface area contributed by atoms with Gasteiger partial charge in [0.2, 0.25) is 0 Å². The topological polar surface area (TPSA) is 54.9 Å². The van der Waals surface area contributed by atoms with Crippen LogP contribution in [0, 0.1) is 0 Å². The fourth-order valence-corrected chi connectivity index (χ4v) is 2.96. The maximum Gasteiger partial charge on any atom is 0.161 e. The number of carbonyl (C=O) groups is 1. The molecule has 0 radical (unpaired) electrons. The summed E-state index contributed by atoms with van der Waals surface area (Å²) in [5.41, 5.74) is 5.36. The number of rotatable bonds is 6. The van der Waals surface area contributed by atoms with Crippen LogP contribution in [0.1, 0.15) is 34.1 Å². The molecule has 130 valence electrons. The Labute approximate surface area is 153 Å². The van der Waals surface area contributed by atoms with E-state index >= 15 is 0 Å². The highest BCUT2D eigenvalue weighted by Gasteiger charge is 2.18. The molecule has 3 aromatic rings. The molecule has 2 heterocycles. The summed E-state index contributed by atoms with van der Waals surface area (Å²) in [6, 6.07) is 17.9. The molecule has 0 aliphatic heterocycles. The van der Waals surface area contributed by atoms with Gasteiger partial charge in [-0.3, -0.25) is 14.8 Å². The van der Waals surface area contributed by atoms with Gasteiger partial charge in [-0.15, -0.1) is 0 Å². The number of hydrogen-bond donors (Lipinski definition) is 1. The zero-order valence-corrected chi connectivity index (χ0v) is 14.9. The van der Waals surface area contributed by atoms with Crippen molar-refractivity contribution in [1.29, 1.82) is 0 Å². The molecule has 0 aliphatic rings. The summed E-state index contributed by atoms with van der Waals surface area (Å²) in [5.74, 6) is -0.0169. The van der Waals surface area contributed by atoms with Gasteiger partial charge in [0.15, 0.2) is 5.78 Å². The van der Waals surface area contributed by atoms with Crippen LogP contribution >= 0.6 is 0 Å². The van der Waals surface area contributed by atoms with Crippen molar-refractivity contribution in [3.63, 3.8) is 0 Å². The van der Waals surface area contributed by atoms with Crippen molar-refractivity contribution in [3.05, 3.63) is 101 Å². The van der Waals surface area contributed by atoms with Gasteiger partial charge >= 0.3 is 0 Å². The molecule has 0 spiro atoms. The van der Waals surface area contributed by atoms with Crippen molar-refractivity contribution in [2.45, 2.75) is 13.3 Å². The van der Waals surface area contributed by atoms with Crippen LogP contribution in [-0.4, -0.2) is 22.8 Å². The number of hydrogen-bond acceptors (Lipinski definition) is 4. The van der Waals surface area contributed by atoms with Gasteiger partial charge in [-0.2, -0.15) is 0 Å². The molecule has 0 aliphatic carbocycles. The first-order valence-electron chi connectivity index (χ1n) is 8.52. The van der Waals surface area contributed by atoms with Crippen LogP contribution in [0.15, 0.2) is 78.9 Å². The van der Waals surface area contributed by atoms with Crippen LogP contribution in [0.25, 0.3) is 5.57 Å². The van der Waals surface area contributed by atoms with Gasteiger partial charge < -0.3 is 5.32 Å². The zero-order chi connectivity index (χ0) is 18.4. The summed E-state index contributed by atoms with van der Waals surface area (Å²) in [6.07, 6.45) is 5.81. The Kier molecular flexibility index (Phi) is 5.54. The van der Waals surface area contributed by atoms with Gasteiger partial charge in [0.1, 0.15) is 0 Å². The van der Waals surface area contributed by atoms with Crippen LogP contribution in [-0.2, 0) is 6.42 Å². The Hall–Kier alpha value is -3.27. The van der Waals surface area contributed by atoms with Crippen molar-refractivity contribution >= 4 is 11.4 Å². The van der Waals surface area contributed by atoms with E-state index in [-0.39, 0.29) is 5.78 Å². The lowest BCUT2D eigenvalue weighted by Gasteiger charge is -2.17.